The zero-order chi connectivity index (χ0) is 19.9. The third kappa shape index (κ3) is 3.97. The van der Waals surface area contributed by atoms with E-state index >= 15 is 0 Å². The molecule has 1 amide bonds. The Kier molecular flexibility index (Phi) is 5.63. The summed E-state index contributed by atoms with van der Waals surface area (Å²) in [6.07, 6.45) is 2.98. The van der Waals surface area contributed by atoms with Crippen LogP contribution in [-0.4, -0.2) is 29.2 Å². The van der Waals surface area contributed by atoms with E-state index in [0.717, 1.165) is 5.56 Å². The number of anilines is 1. The van der Waals surface area contributed by atoms with Crippen LogP contribution in [0.4, 0.5) is 5.69 Å². The second-order valence-electron chi connectivity index (χ2n) is 5.73. The Bertz CT molecular complexity index is 1080. The summed E-state index contributed by atoms with van der Waals surface area (Å²) in [6, 6.07) is 17.7. The predicted octanol–water partition coefficient (Wildman–Crippen LogP) is 3.41. The van der Waals surface area contributed by atoms with Crippen LogP contribution in [0.5, 0.6) is 0 Å². The van der Waals surface area contributed by atoms with Gasteiger partial charge in [0.25, 0.3) is 5.91 Å². The second kappa shape index (κ2) is 8.47. The summed E-state index contributed by atoms with van der Waals surface area (Å²) >= 11 is 0. The highest BCUT2D eigenvalue weighted by Gasteiger charge is 2.17. The molecule has 3 aromatic rings. The molecule has 3 rings (SSSR count). The highest BCUT2D eigenvalue weighted by atomic mass is 16.5. The number of aromatic nitrogens is 2. The number of nitrogens with one attached hydrogen (secondary N) is 2. The molecule has 0 aliphatic heterocycles. The van der Waals surface area contributed by atoms with Gasteiger partial charge in [-0.2, -0.15) is 10.4 Å². The van der Waals surface area contributed by atoms with Crippen molar-refractivity contribution in [2.45, 2.75) is 0 Å². The van der Waals surface area contributed by atoms with E-state index in [4.69, 9.17) is 4.74 Å². The number of benzene rings is 2. The maximum atomic E-state index is 12.6. The predicted molar refractivity (Wildman–Crippen MR) is 104 cm³/mol. The van der Waals surface area contributed by atoms with E-state index in [9.17, 15) is 14.9 Å². The molecule has 0 bridgehead atoms. The van der Waals surface area contributed by atoms with Crippen LogP contribution in [0.2, 0.25) is 0 Å². The molecule has 0 aliphatic carbocycles. The maximum absolute atomic E-state index is 12.6. The first-order valence-electron chi connectivity index (χ1n) is 8.33. The number of carbonyl (C=O) groups excluding carboxylic acids is 2. The average Bonchev–Trinajstić information content (AvgIpc) is 3.20. The van der Waals surface area contributed by atoms with Gasteiger partial charge in [-0.1, -0.05) is 42.5 Å². The summed E-state index contributed by atoms with van der Waals surface area (Å²) in [4.78, 5) is 24.4. The summed E-state index contributed by atoms with van der Waals surface area (Å²) in [5, 5.41) is 18.9. The minimum atomic E-state index is -0.640. The molecular formula is C21H16N4O3. The molecule has 1 heterocycles. The van der Waals surface area contributed by atoms with Gasteiger partial charge in [-0.15, -0.1) is 0 Å². The zero-order valence-electron chi connectivity index (χ0n) is 15.0. The Hall–Kier alpha value is -4.18. The average molecular weight is 372 g/mol. The number of nitriles is 1. The summed E-state index contributed by atoms with van der Waals surface area (Å²) in [5.74, 6) is -1.22. The number of carbonyl (C=O) groups is 2. The van der Waals surface area contributed by atoms with Gasteiger partial charge < -0.3 is 10.1 Å². The summed E-state index contributed by atoms with van der Waals surface area (Å²) in [5.41, 5.74) is 2.49. The van der Waals surface area contributed by atoms with Crippen molar-refractivity contribution in [1.29, 1.82) is 5.26 Å². The molecule has 0 atom stereocenters. The number of amides is 1. The first-order chi connectivity index (χ1) is 13.6. The number of aromatic amines is 1. The summed E-state index contributed by atoms with van der Waals surface area (Å²) in [7, 11) is 1.26. The van der Waals surface area contributed by atoms with E-state index in [1.807, 2.05) is 36.4 Å². The van der Waals surface area contributed by atoms with Gasteiger partial charge in [0.15, 0.2) is 0 Å². The quantitative estimate of drug-likeness (QED) is 0.405. The minimum absolute atomic E-state index is 0.127. The molecule has 7 heteroatoms. The van der Waals surface area contributed by atoms with Crippen LogP contribution >= 0.6 is 0 Å². The molecule has 2 N–H and O–H groups in total. The Balaban J connectivity index is 1.90. The van der Waals surface area contributed by atoms with Gasteiger partial charge in [0.05, 0.1) is 30.3 Å². The Morgan fingerprint density at radius 2 is 1.86 bits per heavy atom. The molecule has 0 saturated heterocycles. The van der Waals surface area contributed by atoms with E-state index in [1.54, 1.807) is 18.2 Å². The molecule has 2 aromatic carbocycles. The van der Waals surface area contributed by atoms with Gasteiger partial charge in [-0.3, -0.25) is 9.89 Å². The Morgan fingerprint density at radius 3 is 2.57 bits per heavy atom. The highest BCUT2D eigenvalue weighted by Crippen LogP contribution is 2.23. The molecule has 0 radical (unpaired) electrons. The normalized spacial score (nSPS) is 10.8. The zero-order valence-corrected chi connectivity index (χ0v) is 15.0. The van der Waals surface area contributed by atoms with E-state index in [-0.39, 0.29) is 16.8 Å². The molecule has 28 heavy (non-hydrogen) atoms. The largest absolute Gasteiger partial charge is 0.465 e. The Morgan fingerprint density at radius 1 is 1.14 bits per heavy atom. The van der Waals surface area contributed by atoms with Gasteiger partial charge in [-0.05, 0) is 18.2 Å². The third-order valence-electron chi connectivity index (χ3n) is 3.98. The Labute approximate surface area is 161 Å². The van der Waals surface area contributed by atoms with Crippen LogP contribution < -0.4 is 5.32 Å². The van der Waals surface area contributed by atoms with E-state index in [0.29, 0.717) is 11.3 Å². The molecule has 0 aliphatic rings. The number of methoxy groups -OCH3 is 1. The molecule has 0 spiro atoms. The van der Waals surface area contributed by atoms with Crippen LogP contribution in [0, 0.1) is 11.3 Å². The van der Waals surface area contributed by atoms with Crippen molar-refractivity contribution >= 4 is 23.6 Å². The number of ether oxygens (including phenoxy) is 1. The molecule has 0 fully saturated rings. The number of rotatable bonds is 5. The number of hydrogen-bond acceptors (Lipinski definition) is 5. The number of nitrogens with zero attached hydrogens (tertiary/aromatic N) is 2. The third-order valence-corrected chi connectivity index (χ3v) is 3.98. The van der Waals surface area contributed by atoms with E-state index in [1.165, 1.54) is 25.4 Å². The molecule has 138 valence electrons. The lowest BCUT2D eigenvalue weighted by Crippen LogP contribution is -2.16. The van der Waals surface area contributed by atoms with E-state index in [2.05, 4.69) is 15.5 Å². The van der Waals surface area contributed by atoms with Crippen molar-refractivity contribution in [2.75, 3.05) is 12.4 Å². The van der Waals surface area contributed by atoms with Crippen LogP contribution in [0.1, 0.15) is 15.9 Å². The summed E-state index contributed by atoms with van der Waals surface area (Å²) in [6.45, 7) is 0. The fourth-order valence-corrected chi connectivity index (χ4v) is 2.61. The van der Waals surface area contributed by atoms with Gasteiger partial charge >= 0.3 is 5.97 Å². The second-order valence-corrected chi connectivity index (χ2v) is 5.73. The van der Waals surface area contributed by atoms with Crippen molar-refractivity contribution in [3.05, 3.63) is 77.5 Å². The molecule has 7 nitrogen and oxygen atoms in total. The fraction of sp³-hybridized carbons (Fsp3) is 0.0476. The minimum Gasteiger partial charge on any atom is -0.465 e. The van der Waals surface area contributed by atoms with Crippen LogP contribution in [-0.2, 0) is 9.53 Å². The molecule has 1 aromatic heterocycles. The number of esters is 1. The molecular weight excluding hydrogens is 356 g/mol. The maximum Gasteiger partial charge on any atom is 0.339 e. The van der Waals surface area contributed by atoms with Crippen molar-refractivity contribution in [3.63, 3.8) is 0 Å². The molecule has 0 saturated carbocycles. The van der Waals surface area contributed by atoms with Crippen molar-refractivity contribution in [3.8, 4) is 17.3 Å². The number of hydrogen-bond donors (Lipinski definition) is 2. The number of para-hydroxylation sites is 1. The van der Waals surface area contributed by atoms with Crippen molar-refractivity contribution in [1.82, 2.24) is 10.2 Å². The standard InChI is InChI=1S/C21H16N4O3/c1-28-21(27)17-9-5-6-10-18(17)24-20(26)15(12-22)11-16-13-23-25-19(16)14-7-3-2-4-8-14/h2-11,13H,1H3,(H,23,25)(H,24,26). The number of H-pyrrole nitrogens is 1. The first-order valence-corrected chi connectivity index (χ1v) is 8.33. The van der Waals surface area contributed by atoms with Gasteiger partial charge in [0.2, 0.25) is 0 Å². The molecule has 0 unspecified atom stereocenters. The van der Waals surface area contributed by atoms with Crippen LogP contribution in [0.3, 0.4) is 0 Å². The highest BCUT2D eigenvalue weighted by molar-refractivity contribution is 6.12. The van der Waals surface area contributed by atoms with Crippen molar-refractivity contribution in [2.24, 2.45) is 0 Å². The smallest absolute Gasteiger partial charge is 0.339 e. The lowest BCUT2D eigenvalue weighted by atomic mass is 10.1. The van der Waals surface area contributed by atoms with Crippen molar-refractivity contribution < 1.29 is 14.3 Å². The first kappa shape index (κ1) is 18.6. The van der Waals surface area contributed by atoms with Gasteiger partial charge in [-0.25, -0.2) is 4.79 Å². The van der Waals surface area contributed by atoms with E-state index < -0.39 is 11.9 Å². The van der Waals surface area contributed by atoms with Gasteiger partial charge in [0, 0.05) is 11.1 Å². The topological polar surface area (TPSA) is 108 Å². The lowest BCUT2D eigenvalue weighted by Gasteiger charge is -2.09. The summed E-state index contributed by atoms with van der Waals surface area (Å²) < 4.78 is 4.71. The van der Waals surface area contributed by atoms with Crippen LogP contribution in [0.25, 0.3) is 17.3 Å². The fourth-order valence-electron chi connectivity index (χ4n) is 2.61. The monoisotopic (exact) mass is 372 g/mol. The van der Waals surface area contributed by atoms with Gasteiger partial charge in [0.1, 0.15) is 11.6 Å². The SMILES string of the molecule is COC(=O)c1ccccc1NC(=O)C(C#N)=Cc1cn[nH]c1-c1ccccc1. The lowest BCUT2D eigenvalue weighted by molar-refractivity contribution is -0.112. The van der Waals surface area contributed by atoms with Crippen LogP contribution in [0.15, 0.2) is 66.4 Å².